The fraction of sp³-hybridized carbons (Fsp3) is 0.765. The molecule has 2 heteroatoms. The number of hydrogen-bond acceptors (Lipinski definition) is 2. The van der Waals surface area contributed by atoms with Crippen molar-refractivity contribution in [3.8, 4) is 0 Å². The van der Waals surface area contributed by atoms with Crippen LogP contribution < -0.4 is 5.32 Å². The van der Waals surface area contributed by atoms with Crippen molar-refractivity contribution >= 4 is 11.3 Å². The topological polar surface area (TPSA) is 12.0 Å². The van der Waals surface area contributed by atoms with Crippen molar-refractivity contribution in [1.82, 2.24) is 5.32 Å². The molecule has 0 aliphatic carbocycles. The molecule has 0 aromatic carbocycles. The van der Waals surface area contributed by atoms with Crippen molar-refractivity contribution in [2.75, 3.05) is 6.54 Å². The number of unbranched alkanes of at least 4 members (excludes halogenated alkanes) is 4. The Morgan fingerprint density at radius 1 is 1.05 bits per heavy atom. The van der Waals surface area contributed by atoms with Crippen LogP contribution in [0.3, 0.4) is 0 Å². The Morgan fingerprint density at radius 2 is 1.79 bits per heavy atom. The smallest absolute Gasteiger partial charge is 0.0417 e. The quantitative estimate of drug-likeness (QED) is 0.537. The SMILES string of the molecule is CCCCCCCC(NCCC)c1sc(C)cc1C. The Morgan fingerprint density at radius 3 is 2.37 bits per heavy atom. The van der Waals surface area contributed by atoms with Crippen molar-refractivity contribution in [2.45, 2.75) is 78.7 Å². The van der Waals surface area contributed by atoms with Gasteiger partial charge >= 0.3 is 0 Å². The molecule has 1 heterocycles. The Balaban J connectivity index is 2.49. The average Bonchev–Trinajstić information content (AvgIpc) is 2.72. The molecule has 1 rings (SSSR count). The second-order valence-corrected chi connectivity index (χ2v) is 6.90. The Kier molecular flexibility index (Phi) is 8.40. The van der Waals surface area contributed by atoms with Gasteiger partial charge in [0.2, 0.25) is 0 Å². The highest BCUT2D eigenvalue weighted by atomic mass is 32.1. The standard InChI is InChI=1S/C17H31NS/c1-5-7-8-9-10-11-16(18-12-6-2)17-14(3)13-15(4)19-17/h13,16,18H,5-12H2,1-4H3. The van der Waals surface area contributed by atoms with Crippen LogP contribution in [0.25, 0.3) is 0 Å². The van der Waals surface area contributed by atoms with Crippen LogP contribution in [0.15, 0.2) is 6.07 Å². The van der Waals surface area contributed by atoms with Gasteiger partial charge in [0.25, 0.3) is 0 Å². The molecule has 1 N–H and O–H groups in total. The average molecular weight is 282 g/mol. The highest BCUT2D eigenvalue weighted by Crippen LogP contribution is 2.30. The van der Waals surface area contributed by atoms with Gasteiger partial charge in [-0.1, -0.05) is 46.0 Å². The minimum absolute atomic E-state index is 0.584. The lowest BCUT2D eigenvalue weighted by Crippen LogP contribution is -2.21. The van der Waals surface area contributed by atoms with Gasteiger partial charge in [-0.3, -0.25) is 0 Å². The maximum absolute atomic E-state index is 3.74. The summed E-state index contributed by atoms with van der Waals surface area (Å²) in [4.78, 5) is 3.02. The van der Waals surface area contributed by atoms with Gasteiger partial charge in [0.1, 0.15) is 0 Å². The summed E-state index contributed by atoms with van der Waals surface area (Å²) in [6.45, 7) is 10.1. The van der Waals surface area contributed by atoms with Crippen molar-refractivity contribution in [3.63, 3.8) is 0 Å². The molecule has 0 amide bonds. The highest BCUT2D eigenvalue weighted by Gasteiger charge is 2.15. The van der Waals surface area contributed by atoms with Crippen LogP contribution in [-0.4, -0.2) is 6.54 Å². The summed E-state index contributed by atoms with van der Waals surface area (Å²) < 4.78 is 0. The van der Waals surface area contributed by atoms with E-state index in [0.29, 0.717) is 6.04 Å². The van der Waals surface area contributed by atoms with E-state index in [9.17, 15) is 0 Å². The molecule has 0 saturated heterocycles. The van der Waals surface area contributed by atoms with E-state index in [-0.39, 0.29) is 0 Å². The third kappa shape index (κ3) is 6.09. The fourth-order valence-corrected chi connectivity index (χ4v) is 3.75. The summed E-state index contributed by atoms with van der Waals surface area (Å²) in [5.41, 5.74) is 1.48. The molecule has 1 aromatic heterocycles. The number of hydrogen-bond donors (Lipinski definition) is 1. The van der Waals surface area contributed by atoms with Crippen LogP contribution >= 0.6 is 11.3 Å². The molecule has 0 saturated carbocycles. The van der Waals surface area contributed by atoms with E-state index >= 15 is 0 Å². The molecule has 0 spiro atoms. The molecule has 0 fully saturated rings. The van der Waals surface area contributed by atoms with E-state index in [1.54, 1.807) is 4.88 Å². The normalized spacial score (nSPS) is 12.8. The first kappa shape index (κ1) is 16.7. The lowest BCUT2D eigenvalue weighted by molar-refractivity contribution is 0.472. The van der Waals surface area contributed by atoms with E-state index < -0.39 is 0 Å². The van der Waals surface area contributed by atoms with E-state index in [1.807, 2.05) is 11.3 Å². The van der Waals surface area contributed by atoms with Gasteiger partial charge in [-0.2, -0.15) is 0 Å². The molecular formula is C17H31NS. The number of nitrogens with one attached hydrogen (secondary N) is 1. The second-order valence-electron chi connectivity index (χ2n) is 5.61. The van der Waals surface area contributed by atoms with E-state index in [2.05, 4.69) is 39.1 Å². The molecule has 0 aliphatic rings. The summed E-state index contributed by atoms with van der Waals surface area (Å²) >= 11 is 1.98. The van der Waals surface area contributed by atoms with Gasteiger partial charge in [-0.05, 0) is 44.9 Å². The van der Waals surface area contributed by atoms with Gasteiger partial charge in [0.15, 0.2) is 0 Å². The Labute approximate surface area is 123 Å². The number of rotatable bonds is 10. The molecule has 0 aliphatic heterocycles. The molecule has 1 nitrogen and oxygen atoms in total. The summed E-state index contributed by atoms with van der Waals surface area (Å²) in [6.07, 6.45) is 9.39. The largest absolute Gasteiger partial charge is 0.309 e. The van der Waals surface area contributed by atoms with Gasteiger partial charge in [-0.25, -0.2) is 0 Å². The lowest BCUT2D eigenvalue weighted by atomic mass is 10.0. The second kappa shape index (κ2) is 9.55. The Hall–Kier alpha value is -0.340. The molecule has 1 aromatic rings. The van der Waals surface area contributed by atoms with Gasteiger partial charge in [0.05, 0.1) is 0 Å². The zero-order valence-electron chi connectivity index (χ0n) is 13.2. The fourth-order valence-electron chi connectivity index (χ4n) is 2.60. The minimum atomic E-state index is 0.584. The third-order valence-corrected chi connectivity index (χ3v) is 4.90. The van der Waals surface area contributed by atoms with Crippen LogP contribution in [0.4, 0.5) is 0 Å². The van der Waals surface area contributed by atoms with Crippen LogP contribution in [0, 0.1) is 13.8 Å². The van der Waals surface area contributed by atoms with Crippen molar-refractivity contribution < 1.29 is 0 Å². The molecule has 110 valence electrons. The first-order valence-corrected chi connectivity index (χ1v) is 8.81. The van der Waals surface area contributed by atoms with Crippen LogP contribution in [-0.2, 0) is 0 Å². The van der Waals surface area contributed by atoms with Crippen LogP contribution in [0.5, 0.6) is 0 Å². The molecule has 1 unspecified atom stereocenters. The summed E-state index contributed by atoms with van der Waals surface area (Å²) in [5, 5.41) is 3.74. The summed E-state index contributed by atoms with van der Waals surface area (Å²) in [7, 11) is 0. The zero-order chi connectivity index (χ0) is 14.1. The minimum Gasteiger partial charge on any atom is -0.309 e. The first-order valence-electron chi connectivity index (χ1n) is 7.99. The van der Waals surface area contributed by atoms with Crippen molar-refractivity contribution in [2.24, 2.45) is 0 Å². The summed E-state index contributed by atoms with van der Waals surface area (Å²) in [6, 6.07) is 2.91. The van der Waals surface area contributed by atoms with Crippen molar-refractivity contribution in [3.05, 3.63) is 21.4 Å². The van der Waals surface area contributed by atoms with E-state index in [0.717, 1.165) is 6.54 Å². The maximum Gasteiger partial charge on any atom is 0.0417 e. The van der Waals surface area contributed by atoms with Gasteiger partial charge in [-0.15, -0.1) is 11.3 Å². The molecule has 19 heavy (non-hydrogen) atoms. The van der Waals surface area contributed by atoms with Gasteiger partial charge < -0.3 is 5.32 Å². The number of thiophene rings is 1. The van der Waals surface area contributed by atoms with Crippen LogP contribution in [0.2, 0.25) is 0 Å². The summed E-state index contributed by atoms with van der Waals surface area (Å²) in [5.74, 6) is 0. The molecule has 0 bridgehead atoms. The third-order valence-electron chi connectivity index (χ3n) is 3.63. The predicted octanol–water partition coefficient (Wildman–Crippen LogP) is 5.77. The number of aryl methyl sites for hydroxylation is 2. The highest BCUT2D eigenvalue weighted by molar-refractivity contribution is 7.12. The first-order chi connectivity index (χ1) is 9.19. The molecular weight excluding hydrogens is 250 g/mol. The molecule has 1 atom stereocenters. The predicted molar refractivity (Wildman–Crippen MR) is 88.2 cm³/mol. The van der Waals surface area contributed by atoms with E-state index in [4.69, 9.17) is 0 Å². The zero-order valence-corrected chi connectivity index (χ0v) is 14.0. The van der Waals surface area contributed by atoms with Crippen LogP contribution in [0.1, 0.15) is 80.2 Å². The lowest BCUT2D eigenvalue weighted by Gasteiger charge is -2.18. The van der Waals surface area contributed by atoms with Crippen molar-refractivity contribution in [1.29, 1.82) is 0 Å². The van der Waals surface area contributed by atoms with E-state index in [1.165, 1.54) is 55.4 Å². The monoisotopic (exact) mass is 281 g/mol. The molecule has 0 radical (unpaired) electrons. The Bertz CT molecular complexity index is 343. The maximum atomic E-state index is 3.74. The van der Waals surface area contributed by atoms with Gasteiger partial charge in [0, 0.05) is 15.8 Å².